The fourth-order valence-electron chi connectivity index (χ4n) is 2.88. The Kier molecular flexibility index (Phi) is 2.69. The molecule has 3 heteroatoms. The molecule has 1 aliphatic heterocycles. The molecule has 1 aromatic carbocycles. The van der Waals surface area contributed by atoms with Crippen LogP contribution in [0, 0.1) is 5.92 Å². The molecule has 1 unspecified atom stereocenters. The van der Waals surface area contributed by atoms with Crippen LogP contribution in [0.1, 0.15) is 24.0 Å². The summed E-state index contributed by atoms with van der Waals surface area (Å²) in [6, 6.07) is 8.51. The first-order valence-corrected chi connectivity index (χ1v) is 6.43. The Morgan fingerprint density at radius 1 is 1.24 bits per heavy atom. The lowest BCUT2D eigenvalue weighted by Crippen LogP contribution is -2.48. The molecule has 2 aliphatic rings. The zero-order valence-corrected chi connectivity index (χ0v) is 10.1. The highest BCUT2D eigenvalue weighted by atomic mass is 16.3. The van der Waals surface area contributed by atoms with Crippen molar-refractivity contribution in [3.63, 3.8) is 0 Å². The van der Waals surface area contributed by atoms with Crippen LogP contribution in [-0.2, 0) is 13.1 Å². The van der Waals surface area contributed by atoms with E-state index in [9.17, 15) is 5.11 Å². The van der Waals surface area contributed by atoms with Gasteiger partial charge >= 0.3 is 0 Å². The number of benzene rings is 1. The third kappa shape index (κ3) is 2.10. The third-order valence-electron chi connectivity index (χ3n) is 4.09. The summed E-state index contributed by atoms with van der Waals surface area (Å²) < 4.78 is 0. The van der Waals surface area contributed by atoms with Crippen molar-refractivity contribution in [3.05, 3.63) is 35.4 Å². The number of hydrogen-bond acceptors (Lipinski definition) is 3. The van der Waals surface area contributed by atoms with Crippen LogP contribution in [-0.4, -0.2) is 28.7 Å². The minimum Gasteiger partial charge on any atom is -0.387 e. The average Bonchev–Trinajstić information content (AvgIpc) is 3.11. The van der Waals surface area contributed by atoms with E-state index in [-0.39, 0.29) is 0 Å². The van der Waals surface area contributed by atoms with Crippen molar-refractivity contribution in [2.24, 2.45) is 11.7 Å². The molecule has 0 radical (unpaired) electrons. The van der Waals surface area contributed by atoms with Gasteiger partial charge in [-0.05, 0) is 29.9 Å². The highest BCUT2D eigenvalue weighted by Crippen LogP contribution is 2.40. The maximum atomic E-state index is 10.5. The van der Waals surface area contributed by atoms with Crippen LogP contribution in [0.15, 0.2) is 24.3 Å². The van der Waals surface area contributed by atoms with Crippen LogP contribution in [0.25, 0.3) is 0 Å². The van der Waals surface area contributed by atoms with Crippen molar-refractivity contribution in [1.29, 1.82) is 0 Å². The maximum Gasteiger partial charge on any atom is 0.0923 e. The molecule has 1 aromatic rings. The summed E-state index contributed by atoms with van der Waals surface area (Å²) in [6.07, 6.45) is 2.27. The molecule has 0 saturated heterocycles. The van der Waals surface area contributed by atoms with Gasteiger partial charge in [0.15, 0.2) is 0 Å². The van der Waals surface area contributed by atoms with Gasteiger partial charge in [0.05, 0.1) is 5.60 Å². The highest BCUT2D eigenvalue weighted by molar-refractivity contribution is 5.30. The Morgan fingerprint density at radius 2 is 1.82 bits per heavy atom. The second-order valence-electron chi connectivity index (χ2n) is 5.50. The third-order valence-corrected chi connectivity index (χ3v) is 4.09. The van der Waals surface area contributed by atoms with E-state index in [1.807, 2.05) is 0 Å². The molecule has 3 rings (SSSR count). The molecule has 17 heavy (non-hydrogen) atoms. The zero-order chi connectivity index (χ0) is 11.9. The smallest absolute Gasteiger partial charge is 0.0923 e. The number of nitrogens with two attached hydrogens (primary N) is 1. The lowest BCUT2D eigenvalue weighted by molar-refractivity contribution is -0.00947. The van der Waals surface area contributed by atoms with Crippen LogP contribution in [0.3, 0.4) is 0 Å². The second-order valence-corrected chi connectivity index (χ2v) is 5.50. The second kappa shape index (κ2) is 4.09. The molecule has 1 atom stereocenters. The number of aliphatic hydroxyl groups is 1. The van der Waals surface area contributed by atoms with Gasteiger partial charge in [0.1, 0.15) is 0 Å². The summed E-state index contributed by atoms with van der Waals surface area (Å²) in [7, 11) is 0. The Labute approximate surface area is 102 Å². The summed E-state index contributed by atoms with van der Waals surface area (Å²) in [4.78, 5) is 2.32. The topological polar surface area (TPSA) is 49.5 Å². The molecular weight excluding hydrogens is 212 g/mol. The Morgan fingerprint density at radius 3 is 2.29 bits per heavy atom. The molecular formula is C14H20N2O. The first-order chi connectivity index (χ1) is 8.21. The molecule has 0 bridgehead atoms. The Balaban J connectivity index is 1.68. The molecule has 0 amide bonds. The van der Waals surface area contributed by atoms with Gasteiger partial charge in [-0.2, -0.15) is 0 Å². The number of nitrogens with zero attached hydrogens (tertiary/aromatic N) is 1. The van der Waals surface area contributed by atoms with Gasteiger partial charge in [0.2, 0.25) is 0 Å². The highest BCUT2D eigenvalue weighted by Gasteiger charge is 2.44. The van der Waals surface area contributed by atoms with Crippen LogP contribution in [0.4, 0.5) is 0 Å². The fourth-order valence-corrected chi connectivity index (χ4v) is 2.88. The first kappa shape index (κ1) is 11.2. The van der Waals surface area contributed by atoms with E-state index in [1.165, 1.54) is 11.1 Å². The number of fused-ring (bicyclic) bond motifs is 1. The largest absolute Gasteiger partial charge is 0.387 e. The zero-order valence-electron chi connectivity index (χ0n) is 10.1. The van der Waals surface area contributed by atoms with Crippen molar-refractivity contribution in [3.8, 4) is 0 Å². The van der Waals surface area contributed by atoms with E-state index in [2.05, 4.69) is 29.2 Å². The Hall–Kier alpha value is -0.900. The summed E-state index contributed by atoms with van der Waals surface area (Å²) in [5, 5.41) is 10.5. The standard InChI is InChI=1S/C14H20N2O/c15-9-14(17,13-5-6-13)10-16-7-11-3-1-2-4-12(11)8-16/h1-4,13,17H,5-10,15H2. The van der Waals surface area contributed by atoms with Crippen molar-refractivity contribution in [2.75, 3.05) is 13.1 Å². The number of β-amino-alcohol motifs (C(OH)–C–C–N with tert-alkyl or cyclic N) is 1. The van der Waals surface area contributed by atoms with Gasteiger partial charge in [-0.3, -0.25) is 4.90 Å². The van der Waals surface area contributed by atoms with E-state index in [0.29, 0.717) is 19.0 Å². The minimum absolute atomic E-state index is 0.379. The molecule has 0 aromatic heterocycles. The average molecular weight is 232 g/mol. The van der Waals surface area contributed by atoms with Crippen LogP contribution in [0.2, 0.25) is 0 Å². The summed E-state index contributed by atoms with van der Waals surface area (Å²) in [5.41, 5.74) is 7.87. The lowest BCUT2D eigenvalue weighted by Gasteiger charge is -2.31. The van der Waals surface area contributed by atoms with E-state index >= 15 is 0 Å². The Bertz CT molecular complexity index is 391. The van der Waals surface area contributed by atoms with E-state index in [4.69, 9.17) is 5.73 Å². The summed E-state index contributed by atoms with van der Waals surface area (Å²) in [5.74, 6) is 0.427. The summed E-state index contributed by atoms with van der Waals surface area (Å²) in [6.45, 7) is 2.99. The van der Waals surface area contributed by atoms with Crippen LogP contribution >= 0.6 is 0 Å². The summed E-state index contributed by atoms with van der Waals surface area (Å²) >= 11 is 0. The molecule has 92 valence electrons. The minimum atomic E-state index is -0.665. The van der Waals surface area contributed by atoms with Gasteiger partial charge in [0.25, 0.3) is 0 Å². The predicted octanol–water partition coefficient (Wildman–Crippen LogP) is 1.10. The quantitative estimate of drug-likeness (QED) is 0.817. The van der Waals surface area contributed by atoms with Crippen molar-refractivity contribution < 1.29 is 5.11 Å². The molecule has 3 nitrogen and oxygen atoms in total. The number of hydrogen-bond donors (Lipinski definition) is 2. The van der Waals surface area contributed by atoms with Crippen LogP contribution in [0.5, 0.6) is 0 Å². The fraction of sp³-hybridized carbons (Fsp3) is 0.571. The van der Waals surface area contributed by atoms with Gasteiger partial charge < -0.3 is 10.8 Å². The van der Waals surface area contributed by atoms with Crippen LogP contribution < -0.4 is 5.73 Å². The predicted molar refractivity (Wildman–Crippen MR) is 67.3 cm³/mol. The van der Waals surface area contributed by atoms with Crippen molar-refractivity contribution in [2.45, 2.75) is 31.5 Å². The maximum absolute atomic E-state index is 10.5. The van der Waals surface area contributed by atoms with Crippen molar-refractivity contribution in [1.82, 2.24) is 4.90 Å². The van der Waals surface area contributed by atoms with Gasteiger partial charge in [0, 0.05) is 26.2 Å². The van der Waals surface area contributed by atoms with Gasteiger partial charge in [-0.15, -0.1) is 0 Å². The van der Waals surface area contributed by atoms with Gasteiger partial charge in [-0.25, -0.2) is 0 Å². The lowest BCUT2D eigenvalue weighted by atomic mass is 9.97. The van der Waals surface area contributed by atoms with E-state index in [0.717, 1.165) is 25.9 Å². The molecule has 1 heterocycles. The van der Waals surface area contributed by atoms with E-state index in [1.54, 1.807) is 0 Å². The molecule has 3 N–H and O–H groups in total. The monoisotopic (exact) mass is 232 g/mol. The molecule has 1 saturated carbocycles. The van der Waals surface area contributed by atoms with Gasteiger partial charge in [-0.1, -0.05) is 24.3 Å². The normalized spacial score (nSPS) is 23.4. The first-order valence-electron chi connectivity index (χ1n) is 6.43. The van der Waals surface area contributed by atoms with Crippen molar-refractivity contribution >= 4 is 0 Å². The number of rotatable bonds is 4. The van der Waals surface area contributed by atoms with E-state index < -0.39 is 5.60 Å². The molecule has 1 aliphatic carbocycles. The molecule has 0 spiro atoms. The SMILES string of the molecule is NCC(O)(CN1Cc2ccccc2C1)C1CC1. The molecule has 1 fully saturated rings.